The van der Waals surface area contributed by atoms with Crippen LogP contribution in [0.5, 0.6) is 0 Å². The average Bonchev–Trinajstić information content (AvgIpc) is 2.85. The molecule has 2 rings (SSSR count). The van der Waals surface area contributed by atoms with Crippen molar-refractivity contribution in [2.45, 2.75) is 56.9 Å². The van der Waals surface area contributed by atoms with Crippen LogP contribution in [0.15, 0.2) is 12.2 Å². The molecule has 0 aromatic rings. The normalized spacial score (nSPS) is 34.9. The van der Waals surface area contributed by atoms with E-state index in [0.717, 1.165) is 12.8 Å². The van der Waals surface area contributed by atoms with Crippen molar-refractivity contribution in [1.29, 1.82) is 0 Å². The summed E-state index contributed by atoms with van der Waals surface area (Å²) in [4.78, 5) is 0. The highest BCUT2D eigenvalue weighted by Gasteiger charge is 2.37. The third-order valence-corrected chi connectivity index (χ3v) is 3.31. The standard InChI is InChI=1S/C12H21NO2/c1-2-3-4-9(8-14)13-11-7-10-5-6-12(11)15-10/h5-6,9-14H,2-4,7-8H2,1H3. The molecule has 0 saturated carbocycles. The lowest BCUT2D eigenvalue weighted by molar-refractivity contribution is 0.109. The van der Waals surface area contributed by atoms with Crippen molar-refractivity contribution in [2.75, 3.05) is 6.61 Å². The number of hydrogen-bond donors (Lipinski definition) is 2. The van der Waals surface area contributed by atoms with Gasteiger partial charge in [-0.1, -0.05) is 31.9 Å². The molecule has 3 heteroatoms. The van der Waals surface area contributed by atoms with Gasteiger partial charge in [0.1, 0.15) is 0 Å². The number of nitrogens with one attached hydrogen (secondary N) is 1. The van der Waals surface area contributed by atoms with E-state index in [9.17, 15) is 5.11 Å². The second-order valence-electron chi connectivity index (χ2n) is 4.55. The van der Waals surface area contributed by atoms with E-state index in [1.165, 1.54) is 12.8 Å². The van der Waals surface area contributed by atoms with Gasteiger partial charge in [-0.2, -0.15) is 0 Å². The Morgan fingerprint density at radius 3 is 2.93 bits per heavy atom. The summed E-state index contributed by atoms with van der Waals surface area (Å²) in [5.41, 5.74) is 0. The minimum atomic E-state index is 0.234. The van der Waals surface area contributed by atoms with Crippen molar-refractivity contribution in [3.8, 4) is 0 Å². The maximum atomic E-state index is 9.26. The van der Waals surface area contributed by atoms with Crippen LogP contribution in [0.4, 0.5) is 0 Å². The maximum absolute atomic E-state index is 9.26. The first-order valence-corrected chi connectivity index (χ1v) is 6.04. The topological polar surface area (TPSA) is 41.5 Å². The molecule has 2 heterocycles. The summed E-state index contributed by atoms with van der Waals surface area (Å²) in [6, 6.07) is 0.653. The third kappa shape index (κ3) is 2.60. The zero-order valence-corrected chi connectivity index (χ0v) is 9.36. The molecular formula is C12H21NO2. The minimum absolute atomic E-state index is 0.234. The summed E-state index contributed by atoms with van der Waals surface area (Å²) in [5, 5.41) is 12.8. The number of aliphatic hydroxyl groups is 1. The highest BCUT2D eigenvalue weighted by atomic mass is 16.5. The minimum Gasteiger partial charge on any atom is -0.395 e. The Balaban J connectivity index is 1.77. The average molecular weight is 211 g/mol. The van der Waals surface area contributed by atoms with Crippen LogP contribution < -0.4 is 5.32 Å². The van der Waals surface area contributed by atoms with Crippen LogP contribution in [0.2, 0.25) is 0 Å². The number of rotatable bonds is 6. The number of hydrogen-bond acceptors (Lipinski definition) is 3. The Hall–Kier alpha value is -0.380. The van der Waals surface area contributed by atoms with E-state index in [0.29, 0.717) is 12.1 Å². The van der Waals surface area contributed by atoms with E-state index < -0.39 is 0 Å². The smallest absolute Gasteiger partial charge is 0.0918 e. The molecule has 0 radical (unpaired) electrons. The van der Waals surface area contributed by atoms with Gasteiger partial charge in [-0.3, -0.25) is 0 Å². The fourth-order valence-corrected chi connectivity index (χ4v) is 2.42. The van der Waals surface area contributed by atoms with Gasteiger partial charge in [-0.25, -0.2) is 0 Å². The number of unbranched alkanes of at least 4 members (excludes halogenated alkanes) is 1. The molecule has 0 aromatic carbocycles. The molecule has 1 fully saturated rings. The Labute approximate surface area is 91.5 Å². The van der Waals surface area contributed by atoms with Gasteiger partial charge in [0.05, 0.1) is 18.8 Å². The highest BCUT2D eigenvalue weighted by Crippen LogP contribution is 2.28. The van der Waals surface area contributed by atoms with Gasteiger partial charge in [-0.15, -0.1) is 0 Å². The molecule has 2 aliphatic heterocycles. The largest absolute Gasteiger partial charge is 0.395 e. The summed E-state index contributed by atoms with van der Waals surface area (Å²) < 4.78 is 5.68. The van der Waals surface area contributed by atoms with Gasteiger partial charge in [-0.05, 0) is 12.8 Å². The van der Waals surface area contributed by atoms with Crippen molar-refractivity contribution in [1.82, 2.24) is 5.32 Å². The van der Waals surface area contributed by atoms with Crippen molar-refractivity contribution >= 4 is 0 Å². The zero-order chi connectivity index (χ0) is 10.7. The van der Waals surface area contributed by atoms with E-state index in [1.54, 1.807) is 0 Å². The van der Waals surface area contributed by atoms with Crippen LogP contribution in [0, 0.1) is 0 Å². The maximum Gasteiger partial charge on any atom is 0.0918 e. The molecule has 0 aromatic heterocycles. The molecule has 2 bridgehead atoms. The molecule has 86 valence electrons. The molecule has 1 saturated heterocycles. The van der Waals surface area contributed by atoms with Crippen LogP contribution in [0.25, 0.3) is 0 Å². The predicted octanol–water partition coefficient (Wildman–Crippen LogP) is 1.22. The van der Waals surface area contributed by atoms with Crippen LogP contribution in [-0.4, -0.2) is 36.0 Å². The third-order valence-electron chi connectivity index (χ3n) is 3.31. The number of aliphatic hydroxyl groups excluding tert-OH is 1. The first-order valence-electron chi connectivity index (χ1n) is 6.04. The Bertz CT molecular complexity index is 230. The van der Waals surface area contributed by atoms with E-state index in [-0.39, 0.29) is 18.8 Å². The van der Waals surface area contributed by atoms with Gasteiger partial charge in [0, 0.05) is 12.1 Å². The predicted molar refractivity (Wildman–Crippen MR) is 59.7 cm³/mol. The van der Waals surface area contributed by atoms with Crippen LogP contribution in [0.3, 0.4) is 0 Å². The van der Waals surface area contributed by atoms with Gasteiger partial charge >= 0.3 is 0 Å². The molecule has 2 aliphatic rings. The highest BCUT2D eigenvalue weighted by molar-refractivity contribution is 5.13. The Kier molecular flexibility index (Phi) is 3.78. The van der Waals surface area contributed by atoms with Gasteiger partial charge in [0.15, 0.2) is 0 Å². The summed E-state index contributed by atoms with van der Waals surface area (Å²) >= 11 is 0. The van der Waals surface area contributed by atoms with Crippen molar-refractivity contribution < 1.29 is 9.84 Å². The van der Waals surface area contributed by atoms with Crippen molar-refractivity contribution in [3.05, 3.63) is 12.2 Å². The lowest BCUT2D eigenvalue weighted by Gasteiger charge is -2.24. The van der Waals surface area contributed by atoms with Gasteiger partial charge in [0.25, 0.3) is 0 Å². The zero-order valence-electron chi connectivity index (χ0n) is 9.36. The summed E-state index contributed by atoms with van der Waals surface area (Å²) in [6.45, 7) is 2.41. The SMILES string of the molecule is CCCCC(CO)NC1CC2C=CC1O2. The molecule has 0 spiro atoms. The van der Waals surface area contributed by atoms with E-state index in [4.69, 9.17) is 4.74 Å². The van der Waals surface area contributed by atoms with E-state index in [1.807, 2.05) is 0 Å². The van der Waals surface area contributed by atoms with Crippen LogP contribution >= 0.6 is 0 Å². The first-order chi connectivity index (χ1) is 7.33. The molecular weight excluding hydrogens is 190 g/mol. The molecule has 2 N–H and O–H groups in total. The van der Waals surface area contributed by atoms with Gasteiger partial charge < -0.3 is 15.2 Å². The molecule has 15 heavy (non-hydrogen) atoms. The molecule has 0 amide bonds. The molecule has 4 atom stereocenters. The molecule has 4 unspecified atom stereocenters. The Morgan fingerprint density at radius 1 is 1.53 bits per heavy atom. The molecule has 0 aliphatic carbocycles. The second-order valence-corrected chi connectivity index (χ2v) is 4.55. The quantitative estimate of drug-likeness (QED) is 0.649. The fourth-order valence-electron chi connectivity index (χ4n) is 2.42. The first kappa shape index (κ1) is 11.1. The lowest BCUT2D eigenvalue weighted by Crippen LogP contribution is -2.44. The monoisotopic (exact) mass is 211 g/mol. The fraction of sp³-hybridized carbons (Fsp3) is 0.833. The van der Waals surface area contributed by atoms with E-state index in [2.05, 4.69) is 24.4 Å². The van der Waals surface area contributed by atoms with E-state index >= 15 is 0 Å². The van der Waals surface area contributed by atoms with Gasteiger partial charge in [0.2, 0.25) is 0 Å². The second kappa shape index (κ2) is 5.10. The van der Waals surface area contributed by atoms with Crippen molar-refractivity contribution in [2.24, 2.45) is 0 Å². The molecule has 3 nitrogen and oxygen atoms in total. The Morgan fingerprint density at radius 2 is 2.40 bits per heavy atom. The summed E-state index contributed by atoms with van der Waals surface area (Å²) in [7, 11) is 0. The summed E-state index contributed by atoms with van der Waals surface area (Å²) in [5.74, 6) is 0. The van der Waals surface area contributed by atoms with Crippen LogP contribution in [0.1, 0.15) is 32.6 Å². The van der Waals surface area contributed by atoms with Crippen LogP contribution in [-0.2, 0) is 4.74 Å². The van der Waals surface area contributed by atoms with Crippen molar-refractivity contribution in [3.63, 3.8) is 0 Å². The number of ether oxygens (including phenoxy) is 1. The summed E-state index contributed by atoms with van der Waals surface area (Å²) in [6.07, 6.45) is 9.32. The lowest BCUT2D eigenvalue weighted by atomic mass is 10.00. The number of fused-ring (bicyclic) bond motifs is 2.